The minimum absolute atomic E-state index is 0.0899. The molecule has 0 aliphatic carbocycles. The minimum atomic E-state index is -3.08. The fraction of sp³-hybridized carbons (Fsp3) is 0.412. The topological polar surface area (TPSA) is 208 Å². The number of hydrogen-bond donors (Lipinski definition) is 3. The lowest BCUT2D eigenvalue weighted by Gasteiger charge is -2.49. The van der Waals surface area contributed by atoms with Crippen LogP contribution in [0.15, 0.2) is 27.0 Å². The normalized spacial score (nSPS) is 20.1. The van der Waals surface area contributed by atoms with Crippen molar-refractivity contribution in [2.45, 2.75) is 16.6 Å². The van der Waals surface area contributed by atoms with Crippen molar-refractivity contribution in [1.29, 1.82) is 0 Å². The highest BCUT2D eigenvalue weighted by Gasteiger charge is 2.54. The van der Waals surface area contributed by atoms with E-state index in [0.717, 1.165) is 16.2 Å². The summed E-state index contributed by atoms with van der Waals surface area (Å²) in [6, 6.07) is -1.01. The highest BCUT2D eigenvalue weighted by Crippen LogP contribution is 2.41. The molecule has 0 aromatic carbocycles. The van der Waals surface area contributed by atoms with Gasteiger partial charge in [0.05, 0.1) is 0 Å². The van der Waals surface area contributed by atoms with Crippen LogP contribution in [-0.2, 0) is 30.6 Å². The van der Waals surface area contributed by atoms with Gasteiger partial charge < -0.3 is 20.8 Å². The Labute approximate surface area is 216 Å². The van der Waals surface area contributed by atoms with Crippen molar-refractivity contribution in [2.24, 2.45) is 12.2 Å². The highest BCUT2D eigenvalue weighted by atomic mass is 32.2. The van der Waals surface area contributed by atoms with Gasteiger partial charge >= 0.3 is 5.97 Å². The van der Waals surface area contributed by atoms with Crippen molar-refractivity contribution in [1.82, 2.24) is 35.4 Å². The summed E-state index contributed by atoms with van der Waals surface area (Å²) >= 11 is 3.63. The quantitative estimate of drug-likeness (QED) is 0.119. The van der Waals surface area contributed by atoms with Gasteiger partial charge in [-0.1, -0.05) is 16.9 Å². The van der Waals surface area contributed by atoms with E-state index in [2.05, 4.69) is 31.0 Å². The van der Waals surface area contributed by atoms with Crippen LogP contribution >= 0.6 is 42.2 Å². The fourth-order valence-electron chi connectivity index (χ4n) is 3.24. The van der Waals surface area contributed by atoms with Crippen molar-refractivity contribution in [3.63, 3.8) is 0 Å². The van der Waals surface area contributed by atoms with Crippen LogP contribution in [-0.4, -0.2) is 94.9 Å². The van der Waals surface area contributed by atoms with Crippen molar-refractivity contribution >= 4 is 70.9 Å². The number of oxime groups is 1. The number of nitrogens with two attached hydrogens (primary N) is 1. The van der Waals surface area contributed by atoms with E-state index in [4.69, 9.17) is 10.4 Å². The van der Waals surface area contributed by atoms with Crippen LogP contribution in [0.2, 0.25) is 0 Å². The molecule has 15 nitrogen and oxygen atoms in total. The number of anilines is 1. The number of rotatable bonds is 9. The summed E-state index contributed by atoms with van der Waals surface area (Å²) in [5.74, 6) is -2.05. The number of aromatic nitrogens is 5. The van der Waals surface area contributed by atoms with Gasteiger partial charge in [0.2, 0.25) is 5.16 Å². The maximum absolute atomic E-state index is 13.0. The van der Waals surface area contributed by atoms with E-state index in [1.54, 1.807) is 7.05 Å². The number of aryl methyl sites for hydroxylation is 1. The molecule has 2 aromatic heterocycles. The van der Waals surface area contributed by atoms with Gasteiger partial charge in [0.25, 0.3) is 19.2 Å². The van der Waals surface area contributed by atoms with E-state index in [0.29, 0.717) is 16.5 Å². The molecule has 4 heterocycles. The number of thioether (sulfide) groups is 2. The van der Waals surface area contributed by atoms with E-state index < -0.39 is 36.6 Å². The summed E-state index contributed by atoms with van der Waals surface area (Å²) in [7, 11) is -1.42. The Hall–Kier alpha value is -2.95. The molecule has 1 fully saturated rings. The highest BCUT2D eigenvalue weighted by molar-refractivity contribution is 8.01. The first-order valence-corrected chi connectivity index (χ1v) is 15.5. The smallest absolute Gasteiger partial charge is 0.352 e. The summed E-state index contributed by atoms with van der Waals surface area (Å²) < 4.78 is 18.4. The Kier molecular flexibility index (Phi) is 7.40. The van der Waals surface area contributed by atoms with Crippen molar-refractivity contribution in [3.8, 4) is 0 Å². The molecule has 2 atom stereocenters. The molecule has 0 unspecified atom stereocenters. The van der Waals surface area contributed by atoms with Crippen LogP contribution in [0.25, 0.3) is 0 Å². The number of fused-ring (bicyclic) bond motifs is 1. The van der Waals surface area contributed by atoms with E-state index in [1.165, 1.54) is 46.9 Å². The number of tetrazole rings is 1. The standard InChI is InChI=1S/C17H20N9O6PS3/c1-25-17(21-23-24-25)36-5-7-4-34-14-10(13(28)26(14)11(7)15(29)30)20-12(27)9(22-32-33(2,3)31)8-6-35-16(18)19-8/h6,10,14H,4-5H2,1-3H3,(H2,18,19)(H,20,27)(H,29,30)/b22-9+/t10-,14-/m1/s1. The van der Waals surface area contributed by atoms with Crippen molar-refractivity contribution in [2.75, 3.05) is 30.6 Å². The van der Waals surface area contributed by atoms with Crippen LogP contribution < -0.4 is 11.1 Å². The van der Waals surface area contributed by atoms with Gasteiger partial charge in [0.1, 0.15) is 22.8 Å². The Morgan fingerprint density at radius 3 is 2.78 bits per heavy atom. The number of amides is 2. The molecule has 0 spiro atoms. The number of hydrogen-bond acceptors (Lipinski definition) is 14. The molecule has 2 aliphatic heterocycles. The van der Waals surface area contributed by atoms with Gasteiger partial charge in [-0.3, -0.25) is 19.1 Å². The molecule has 192 valence electrons. The first kappa shape index (κ1) is 26.1. The molecule has 19 heteroatoms. The van der Waals surface area contributed by atoms with E-state index in [-0.39, 0.29) is 28.0 Å². The molecular weight excluding hydrogens is 553 g/mol. The molecule has 36 heavy (non-hydrogen) atoms. The average Bonchev–Trinajstić information content (AvgIpc) is 3.42. The predicted molar refractivity (Wildman–Crippen MR) is 133 cm³/mol. The number of carboxylic acids is 1. The van der Waals surface area contributed by atoms with Gasteiger partial charge in [-0.2, -0.15) is 0 Å². The van der Waals surface area contributed by atoms with Crippen LogP contribution in [0.3, 0.4) is 0 Å². The van der Waals surface area contributed by atoms with Crippen molar-refractivity contribution in [3.05, 3.63) is 22.3 Å². The fourth-order valence-corrected chi connectivity index (χ4v) is 6.40. The van der Waals surface area contributed by atoms with Crippen molar-refractivity contribution < 1.29 is 28.7 Å². The first-order valence-electron chi connectivity index (χ1n) is 10.1. The van der Waals surface area contributed by atoms with Gasteiger partial charge in [-0.05, 0) is 16.0 Å². The summed E-state index contributed by atoms with van der Waals surface area (Å²) in [4.78, 5) is 43.2. The SMILES string of the molecule is Cn1nnnc1SCC1=C(C(=O)O)N2C(=O)[C@@H](NC(=O)/C(=N/OP(C)(C)=O)c3csc(N)n3)[C@H]2SC1. The van der Waals surface area contributed by atoms with Gasteiger partial charge in [0.15, 0.2) is 10.8 Å². The lowest BCUT2D eigenvalue weighted by atomic mass is 10.0. The molecule has 0 saturated carbocycles. The Morgan fingerprint density at radius 2 is 2.19 bits per heavy atom. The third-order valence-electron chi connectivity index (χ3n) is 4.80. The number of carboxylic acid groups (broad SMARTS) is 1. The zero-order valence-electron chi connectivity index (χ0n) is 19.0. The first-order chi connectivity index (χ1) is 17.0. The molecule has 4 N–H and O–H groups in total. The van der Waals surface area contributed by atoms with Crippen LogP contribution in [0.1, 0.15) is 5.69 Å². The van der Waals surface area contributed by atoms with Gasteiger partial charge in [-0.25, -0.2) is 14.5 Å². The number of thiazole rings is 1. The lowest BCUT2D eigenvalue weighted by Crippen LogP contribution is -2.71. The molecule has 4 rings (SSSR count). The van der Waals surface area contributed by atoms with Gasteiger partial charge in [0, 0.05) is 37.3 Å². The molecule has 0 radical (unpaired) electrons. The Balaban J connectivity index is 1.51. The number of nitrogen functional groups attached to an aromatic ring is 1. The zero-order chi connectivity index (χ0) is 26.2. The number of aliphatic carboxylic acids is 1. The maximum Gasteiger partial charge on any atom is 0.352 e. The molecule has 2 aliphatic rings. The number of carbonyl (C=O) groups is 3. The third-order valence-corrected chi connectivity index (χ3v) is 8.39. The van der Waals surface area contributed by atoms with E-state index >= 15 is 0 Å². The third kappa shape index (κ3) is 5.40. The number of β-lactam (4-membered cyclic amide) rings is 1. The molecular formula is C17H20N9O6PS3. The molecule has 2 amide bonds. The maximum atomic E-state index is 13.0. The summed E-state index contributed by atoms with van der Waals surface area (Å²) in [6.45, 7) is 2.65. The second kappa shape index (κ2) is 10.2. The van der Waals surface area contributed by atoms with Crippen LogP contribution in [0, 0.1) is 0 Å². The monoisotopic (exact) mass is 573 g/mol. The minimum Gasteiger partial charge on any atom is -0.477 e. The van der Waals surface area contributed by atoms with Gasteiger partial charge in [-0.15, -0.1) is 28.2 Å². The second-order valence-electron chi connectivity index (χ2n) is 7.84. The van der Waals surface area contributed by atoms with Crippen LogP contribution in [0.5, 0.6) is 0 Å². The number of nitrogens with one attached hydrogen (secondary N) is 1. The van der Waals surface area contributed by atoms with Crippen LogP contribution in [0.4, 0.5) is 5.13 Å². The second-order valence-corrected chi connectivity index (χ2v) is 13.4. The lowest BCUT2D eigenvalue weighted by molar-refractivity contribution is -0.150. The Morgan fingerprint density at radius 1 is 1.44 bits per heavy atom. The van der Waals surface area contributed by atoms with E-state index in [9.17, 15) is 24.1 Å². The summed E-state index contributed by atoms with van der Waals surface area (Å²) in [6.07, 6.45) is 0. The predicted octanol–water partition coefficient (Wildman–Crippen LogP) is 0.0381. The zero-order valence-corrected chi connectivity index (χ0v) is 22.4. The molecule has 0 bridgehead atoms. The number of nitrogens with zero attached hydrogens (tertiary/aromatic N) is 7. The largest absolute Gasteiger partial charge is 0.477 e. The molecule has 2 aromatic rings. The number of carbonyl (C=O) groups excluding carboxylic acids is 2. The summed E-state index contributed by atoms with van der Waals surface area (Å²) in [5.41, 5.74) is 5.85. The van der Waals surface area contributed by atoms with E-state index in [1.807, 2.05) is 0 Å². The Bertz CT molecular complexity index is 1330. The molecule has 1 saturated heterocycles. The average molecular weight is 574 g/mol. The summed E-state index contributed by atoms with van der Waals surface area (Å²) in [5, 5.41) is 28.8.